The molecule has 1 aromatic heterocycles. The van der Waals surface area contributed by atoms with Crippen LogP contribution >= 0.6 is 0 Å². The number of rotatable bonds is 6. The smallest absolute Gasteiger partial charge is 0.211 e. The third-order valence-electron chi connectivity index (χ3n) is 3.16. The lowest BCUT2D eigenvalue weighted by Gasteiger charge is -2.11. The van der Waals surface area contributed by atoms with Gasteiger partial charge in [-0.05, 0) is 37.6 Å². The first-order valence-electron chi connectivity index (χ1n) is 7.31. The Labute approximate surface area is 135 Å². The van der Waals surface area contributed by atoms with Crippen LogP contribution < -0.4 is 15.4 Å². The highest BCUT2D eigenvalue weighted by Crippen LogP contribution is 2.14. The van der Waals surface area contributed by atoms with E-state index in [1.165, 1.54) is 0 Å². The molecule has 2 aromatic rings. The van der Waals surface area contributed by atoms with Crippen LogP contribution in [0.5, 0.6) is 5.75 Å². The fraction of sp³-hybridized carbons (Fsp3) is 0.312. The summed E-state index contributed by atoms with van der Waals surface area (Å²) in [4.78, 5) is 7.94. The van der Waals surface area contributed by atoms with Crippen LogP contribution in [0.2, 0.25) is 0 Å². The van der Waals surface area contributed by atoms with Gasteiger partial charge in [0.2, 0.25) is 12.2 Å². The number of aliphatic imine (C=N–C) groups is 1. The van der Waals surface area contributed by atoms with Gasteiger partial charge in [0.25, 0.3) is 0 Å². The Balaban J connectivity index is 1.81. The highest BCUT2D eigenvalue weighted by Gasteiger charge is 2.01. The van der Waals surface area contributed by atoms with Gasteiger partial charge in [0.1, 0.15) is 5.75 Å². The summed E-state index contributed by atoms with van der Waals surface area (Å²) in [5.74, 6) is 1.21. The molecule has 0 fully saturated rings. The van der Waals surface area contributed by atoms with Gasteiger partial charge in [-0.1, -0.05) is 0 Å². The van der Waals surface area contributed by atoms with E-state index in [1.54, 1.807) is 13.3 Å². The summed E-state index contributed by atoms with van der Waals surface area (Å²) < 4.78 is 7.15. The number of benzene rings is 1. The Hall–Kier alpha value is -3.01. The molecule has 0 unspecified atom stereocenters. The quantitative estimate of drug-likeness (QED) is 0.369. The Morgan fingerprint density at radius 3 is 2.78 bits per heavy atom. The summed E-state index contributed by atoms with van der Waals surface area (Å²) in [6, 6.07) is 7.41. The average molecular weight is 312 g/mol. The summed E-state index contributed by atoms with van der Waals surface area (Å²) in [6.07, 6.45) is 6.50. The van der Waals surface area contributed by atoms with Gasteiger partial charge >= 0.3 is 0 Å². The van der Waals surface area contributed by atoms with Gasteiger partial charge in [0.15, 0.2) is 0 Å². The second kappa shape index (κ2) is 8.44. The van der Waals surface area contributed by atoms with Crippen molar-refractivity contribution >= 4 is 11.6 Å². The SMILES string of the molecule is COc1ccc(N/C(=N\C#N)NCCCn2cnc(C)c2)cc1. The zero-order valence-corrected chi connectivity index (χ0v) is 13.3. The molecule has 2 N–H and O–H groups in total. The zero-order valence-electron chi connectivity index (χ0n) is 13.3. The molecule has 0 amide bonds. The molecule has 0 radical (unpaired) electrons. The molecule has 0 aliphatic rings. The Bertz CT molecular complexity index is 683. The van der Waals surface area contributed by atoms with Gasteiger partial charge in [0.05, 0.1) is 19.1 Å². The lowest BCUT2D eigenvalue weighted by atomic mass is 10.3. The number of aryl methyl sites for hydroxylation is 2. The van der Waals surface area contributed by atoms with E-state index in [2.05, 4.69) is 20.6 Å². The van der Waals surface area contributed by atoms with Gasteiger partial charge in [-0.3, -0.25) is 0 Å². The van der Waals surface area contributed by atoms with E-state index in [0.29, 0.717) is 12.5 Å². The number of hydrogen-bond donors (Lipinski definition) is 2. The third kappa shape index (κ3) is 5.36. The van der Waals surface area contributed by atoms with Crippen molar-refractivity contribution in [2.24, 2.45) is 4.99 Å². The van der Waals surface area contributed by atoms with E-state index in [1.807, 2.05) is 48.3 Å². The summed E-state index contributed by atoms with van der Waals surface area (Å²) in [5.41, 5.74) is 1.84. The van der Waals surface area contributed by atoms with Crippen molar-refractivity contribution in [1.82, 2.24) is 14.9 Å². The molecule has 0 aliphatic carbocycles. The van der Waals surface area contributed by atoms with Crippen molar-refractivity contribution in [3.05, 3.63) is 42.5 Å². The minimum Gasteiger partial charge on any atom is -0.497 e. The van der Waals surface area contributed by atoms with Gasteiger partial charge in [0, 0.05) is 25.0 Å². The monoisotopic (exact) mass is 312 g/mol. The number of nitrogens with one attached hydrogen (secondary N) is 2. The Morgan fingerprint density at radius 1 is 1.39 bits per heavy atom. The number of nitriles is 1. The maximum atomic E-state index is 8.78. The first-order chi connectivity index (χ1) is 11.2. The van der Waals surface area contributed by atoms with E-state index in [-0.39, 0.29) is 0 Å². The van der Waals surface area contributed by atoms with Gasteiger partial charge in [-0.2, -0.15) is 5.26 Å². The van der Waals surface area contributed by atoms with Crippen LogP contribution in [0.15, 0.2) is 41.8 Å². The van der Waals surface area contributed by atoms with Crippen molar-refractivity contribution in [2.75, 3.05) is 19.0 Å². The lowest BCUT2D eigenvalue weighted by molar-refractivity contribution is 0.415. The molecule has 1 heterocycles. The first-order valence-corrected chi connectivity index (χ1v) is 7.31. The molecular weight excluding hydrogens is 292 g/mol. The second-order valence-electron chi connectivity index (χ2n) is 4.95. The van der Waals surface area contributed by atoms with Crippen LogP contribution in [-0.4, -0.2) is 29.2 Å². The molecule has 0 saturated heterocycles. The maximum absolute atomic E-state index is 8.78. The van der Waals surface area contributed by atoms with Crippen molar-refractivity contribution in [3.8, 4) is 11.9 Å². The number of ether oxygens (including phenoxy) is 1. The predicted molar refractivity (Wildman–Crippen MR) is 89.2 cm³/mol. The van der Waals surface area contributed by atoms with Crippen molar-refractivity contribution < 1.29 is 4.74 Å². The zero-order chi connectivity index (χ0) is 16.5. The van der Waals surface area contributed by atoms with Gasteiger partial charge in [-0.15, -0.1) is 4.99 Å². The van der Waals surface area contributed by atoms with Crippen LogP contribution in [0, 0.1) is 18.4 Å². The fourth-order valence-corrected chi connectivity index (χ4v) is 2.04. The van der Waals surface area contributed by atoms with Gasteiger partial charge in [-0.25, -0.2) is 4.98 Å². The van der Waals surface area contributed by atoms with Crippen LogP contribution in [0.4, 0.5) is 5.69 Å². The van der Waals surface area contributed by atoms with Crippen molar-refractivity contribution in [1.29, 1.82) is 5.26 Å². The van der Waals surface area contributed by atoms with E-state index in [4.69, 9.17) is 10.00 Å². The van der Waals surface area contributed by atoms with E-state index in [9.17, 15) is 0 Å². The molecular formula is C16H20N6O. The minimum atomic E-state index is 0.430. The normalized spacial score (nSPS) is 10.9. The average Bonchev–Trinajstić information content (AvgIpc) is 2.98. The second-order valence-corrected chi connectivity index (χ2v) is 4.95. The number of guanidine groups is 1. The predicted octanol–water partition coefficient (Wildman–Crippen LogP) is 2.13. The van der Waals surface area contributed by atoms with E-state index < -0.39 is 0 Å². The number of imidazole rings is 1. The minimum absolute atomic E-state index is 0.430. The van der Waals surface area contributed by atoms with Crippen molar-refractivity contribution in [3.63, 3.8) is 0 Å². The molecule has 0 bridgehead atoms. The topological polar surface area (TPSA) is 87.3 Å². The highest BCUT2D eigenvalue weighted by molar-refractivity contribution is 5.94. The maximum Gasteiger partial charge on any atom is 0.211 e. The number of anilines is 1. The van der Waals surface area contributed by atoms with Gasteiger partial charge < -0.3 is 19.9 Å². The van der Waals surface area contributed by atoms with Crippen molar-refractivity contribution in [2.45, 2.75) is 19.9 Å². The summed E-state index contributed by atoms with van der Waals surface area (Å²) in [7, 11) is 1.62. The van der Waals surface area contributed by atoms with E-state index in [0.717, 1.165) is 30.1 Å². The van der Waals surface area contributed by atoms with Crippen LogP contribution in [0.3, 0.4) is 0 Å². The molecule has 120 valence electrons. The lowest BCUT2D eigenvalue weighted by Crippen LogP contribution is -2.31. The Kier molecular flexibility index (Phi) is 6.00. The summed E-state index contributed by atoms with van der Waals surface area (Å²) >= 11 is 0. The molecule has 7 heteroatoms. The molecule has 2 rings (SSSR count). The number of aromatic nitrogens is 2. The van der Waals surface area contributed by atoms with E-state index >= 15 is 0 Å². The largest absolute Gasteiger partial charge is 0.497 e. The van der Waals surface area contributed by atoms with Crippen LogP contribution in [0.25, 0.3) is 0 Å². The molecule has 0 saturated carbocycles. The molecule has 1 aromatic carbocycles. The molecule has 23 heavy (non-hydrogen) atoms. The number of nitrogens with zero attached hydrogens (tertiary/aromatic N) is 4. The van der Waals surface area contributed by atoms with Crippen LogP contribution in [0.1, 0.15) is 12.1 Å². The molecule has 0 aliphatic heterocycles. The van der Waals surface area contributed by atoms with Crippen LogP contribution in [-0.2, 0) is 6.54 Å². The Morgan fingerprint density at radius 2 is 2.17 bits per heavy atom. The number of hydrogen-bond acceptors (Lipinski definition) is 4. The molecule has 0 spiro atoms. The summed E-state index contributed by atoms with van der Waals surface area (Å²) in [5, 5.41) is 15.0. The third-order valence-corrected chi connectivity index (χ3v) is 3.16. The first kappa shape index (κ1) is 16.4. The molecule has 7 nitrogen and oxygen atoms in total. The molecule has 0 atom stereocenters. The standard InChI is InChI=1S/C16H20N6O/c1-13-10-22(12-20-13)9-3-8-18-16(19-11-17)21-14-4-6-15(23-2)7-5-14/h4-7,10,12H,3,8-9H2,1-2H3,(H2,18,19,21). The summed E-state index contributed by atoms with van der Waals surface area (Å²) in [6.45, 7) is 3.52. The number of methoxy groups -OCH3 is 1. The highest BCUT2D eigenvalue weighted by atomic mass is 16.5. The fourth-order valence-electron chi connectivity index (χ4n) is 2.04.